The molecule has 168 valence electrons. The van der Waals surface area contributed by atoms with Crippen molar-refractivity contribution >= 4 is 46.7 Å². The van der Waals surface area contributed by atoms with Crippen LogP contribution in [0.1, 0.15) is 53.4 Å². The molecule has 0 aliphatic rings. The molecule has 2 aromatic carbocycles. The van der Waals surface area contributed by atoms with Gasteiger partial charge in [0.2, 0.25) is 0 Å². The van der Waals surface area contributed by atoms with E-state index in [1.54, 1.807) is 24.3 Å². The van der Waals surface area contributed by atoms with E-state index in [-0.39, 0.29) is 34.4 Å². The Balaban J connectivity index is 1.79. The molecule has 0 bridgehead atoms. The Morgan fingerprint density at radius 3 is 2.44 bits per heavy atom. The van der Waals surface area contributed by atoms with Crippen molar-refractivity contribution < 1.29 is 9.59 Å². The lowest BCUT2D eigenvalue weighted by Crippen LogP contribution is -2.34. The highest BCUT2D eigenvalue weighted by Gasteiger charge is 2.27. The smallest absolute Gasteiger partial charge is 0.253 e. The Kier molecular flexibility index (Phi) is 8.34. The van der Waals surface area contributed by atoms with E-state index in [1.807, 2.05) is 43.5 Å². The van der Waals surface area contributed by atoms with Gasteiger partial charge in [0, 0.05) is 17.1 Å². The second-order valence-electron chi connectivity index (χ2n) is 7.48. The quantitative estimate of drug-likeness (QED) is 0.307. The molecule has 0 spiro atoms. The number of halogens is 2. The second kappa shape index (κ2) is 11.0. The number of nitrogens with one attached hydrogen (secondary N) is 1. The summed E-state index contributed by atoms with van der Waals surface area (Å²) < 4.78 is 1.93. The molecule has 0 aliphatic heterocycles. The number of carbonyl (C=O) groups excluding carboxylic acids is 2. The number of hydrogen-bond acceptors (Lipinski definition) is 5. The number of amides is 1. The van der Waals surface area contributed by atoms with Crippen LogP contribution in [0.4, 0.5) is 0 Å². The lowest BCUT2D eigenvalue weighted by Gasteiger charge is -2.22. The molecule has 0 fully saturated rings. The van der Waals surface area contributed by atoms with Crippen LogP contribution < -0.4 is 5.32 Å². The molecule has 1 heterocycles. The Hall–Kier alpha value is -2.35. The highest BCUT2D eigenvalue weighted by atomic mass is 35.5. The third-order valence-electron chi connectivity index (χ3n) is 4.90. The molecular formula is C23H24Cl2N4O2S. The minimum absolute atomic E-state index is 0.0221. The van der Waals surface area contributed by atoms with Gasteiger partial charge in [0.25, 0.3) is 5.91 Å². The van der Waals surface area contributed by atoms with Gasteiger partial charge >= 0.3 is 0 Å². The summed E-state index contributed by atoms with van der Waals surface area (Å²) >= 11 is 13.5. The Bertz CT molecular complexity index is 1100. The lowest BCUT2D eigenvalue weighted by molar-refractivity contribution is 0.0921. The fourth-order valence-electron chi connectivity index (χ4n) is 3.19. The zero-order chi connectivity index (χ0) is 23.3. The van der Waals surface area contributed by atoms with E-state index in [4.69, 9.17) is 23.2 Å². The van der Waals surface area contributed by atoms with Gasteiger partial charge in [-0.25, -0.2) is 0 Å². The van der Waals surface area contributed by atoms with Crippen LogP contribution in [-0.4, -0.2) is 32.2 Å². The van der Waals surface area contributed by atoms with Crippen molar-refractivity contribution in [3.05, 3.63) is 75.5 Å². The molecule has 0 saturated heterocycles. The topological polar surface area (TPSA) is 76.9 Å². The maximum atomic E-state index is 12.9. The maximum Gasteiger partial charge on any atom is 0.253 e. The van der Waals surface area contributed by atoms with E-state index in [2.05, 4.69) is 15.5 Å². The molecule has 0 saturated carbocycles. The van der Waals surface area contributed by atoms with Crippen LogP contribution in [0, 0.1) is 5.92 Å². The first-order chi connectivity index (χ1) is 15.3. The van der Waals surface area contributed by atoms with Crippen molar-refractivity contribution in [2.45, 2.75) is 38.5 Å². The molecule has 32 heavy (non-hydrogen) atoms. The average molecular weight is 491 g/mol. The van der Waals surface area contributed by atoms with Crippen molar-refractivity contribution in [1.82, 2.24) is 20.1 Å². The van der Waals surface area contributed by atoms with Crippen molar-refractivity contribution in [1.29, 1.82) is 0 Å². The van der Waals surface area contributed by atoms with Gasteiger partial charge in [-0.15, -0.1) is 10.2 Å². The van der Waals surface area contributed by atoms with E-state index in [1.165, 1.54) is 17.8 Å². The van der Waals surface area contributed by atoms with Crippen LogP contribution in [-0.2, 0) is 6.54 Å². The number of thioether (sulfide) groups is 1. The van der Waals surface area contributed by atoms with Crippen LogP contribution in [0.3, 0.4) is 0 Å². The summed E-state index contributed by atoms with van der Waals surface area (Å²) in [6.07, 6.45) is 0. The monoisotopic (exact) mass is 490 g/mol. The standard InChI is InChI=1S/C23H24Cl2N4O2S/c1-4-29-21(27-28-23(29)32-13-19(30)15-8-6-5-7-9-15)20(14(2)3)26-22(31)17-11-10-16(24)12-18(17)25/h5-12,14,20H,4,13H2,1-3H3,(H,26,31). The fraction of sp³-hybridized carbons (Fsp3) is 0.304. The predicted molar refractivity (Wildman–Crippen MR) is 129 cm³/mol. The van der Waals surface area contributed by atoms with Crippen LogP contribution >= 0.6 is 35.0 Å². The molecule has 1 unspecified atom stereocenters. The lowest BCUT2D eigenvalue weighted by atomic mass is 10.0. The summed E-state index contributed by atoms with van der Waals surface area (Å²) in [7, 11) is 0. The number of aromatic nitrogens is 3. The zero-order valence-electron chi connectivity index (χ0n) is 18.0. The first kappa shape index (κ1) is 24.3. The minimum Gasteiger partial charge on any atom is -0.342 e. The number of rotatable bonds is 9. The van der Waals surface area contributed by atoms with Crippen LogP contribution in [0.15, 0.2) is 53.7 Å². The van der Waals surface area contributed by atoms with Crippen molar-refractivity contribution in [2.75, 3.05) is 5.75 Å². The predicted octanol–water partition coefficient (Wildman–Crippen LogP) is 5.71. The van der Waals surface area contributed by atoms with Gasteiger partial charge in [0.05, 0.1) is 22.4 Å². The van der Waals surface area contributed by atoms with Gasteiger partial charge in [-0.05, 0) is 31.0 Å². The van der Waals surface area contributed by atoms with Crippen molar-refractivity contribution in [2.24, 2.45) is 5.92 Å². The van der Waals surface area contributed by atoms with Gasteiger partial charge in [0.1, 0.15) is 0 Å². The molecule has 0 aliphatic carbocycles. The molecule has 1 amide bonds. The minimum atomic E-state index is -0.388. The van der Waals surface area contributed by atoms with Gasteiger partial charge in [-0.3, -0.25) is 9.59 Å². The van der Waals surface area contributed by atoms with Gasteiger partial charge < -0.3 is 9.88 Å². The highest BCUT2D eigenvalue weighted by molar-refractivity contribution is 7.99. The van der Waals surface area contributed by atoms with Crippen LogP contribution in [0.2, 0.25) is 10.0 Å². The molecule has 1 atom stereocenters. The Labute approximate surface area is 201 Å². The molecular weight excluding hydrogens is 467 g/mol. The third-order valence-corrected chi connectivity index (χ3v) is 6.41. The SMILES string of the molecule is CCn1c(SCC(=O)c2ccccc2)nnc1C(NC(=O)c1ccc(Cl)cc1Cl)C(C)C. The molecule has 9 heteroatoms. The van der Waals surface area contributed by atoms with E-state index in [0.717, 1.165) is 0 Å². The molecule has 1 N–H and O–H groups in total. The number of carbonyl (C=O) groups is 2. The summed E-state index contributed by atoms with van der Waals surface area (Å²) in [5, 5.41) is 13.1. The van der Waals surface area contributed by atoms with Gasteiger partial charge in [0.15, 0.2) is 16.8 Å². The number of hydrogen-bond donors (Lipinski definition) is 1. The maximum absolute atomic E-state index is 12.9. The molecule has 0 radical (unpaired) electrons. The van der Waals surface area contributed by atoms with Gasteiger partial charge in [-0.2, -0.15) is 0 Å². The van der Waals surface area contributed by atoms with Gasteiger partial charge in [-0.1, -0.05) is 79.1 Å². The first-order valence-electron chi connectivity index (χ1n) is 10.2. The fourth-order valence-corrected chi connectivity index (χ4v) is 4.59. The third kappa shape index (κ3) is 5.71. The number of nitrogens with zero attached hydrogens (tertiary/aromatic N) is 3. The first-order valence-corrected chi connectivity index (χ1v) is 12.0. The zero-order valence-corrected chi connectivity index (χ0v) is 20.3. The number of ketones is 1. The largest absolute Gasteiger partial charge is 0.342 e. The number of benzene rings is 2. The summed E-state index contributed by atoms with van der Waals surface area (Å²) in [4.78, 5) is 25.4. The van der Waals surface area contributed by atoms with Crippen molar-refractivity contribution in [3.63, 3.8) is 0 Å². The van der Waals surface area contributed by atoms with E-state index in [9.17, 15) is 9.59 Å². The molecule has 6 nitrogen and oxygen atoms in total. The highest BCUT2D eigenvalue weighted by Crippen LogP contribution is 2.27. The van der Waals surface area contributed by atoms with E-state index < -0.39 is 0 Å². The summed E-state index contributed by atoms with van der Waals surface area (Å²) in [5.74, 6) is 0.638. The van der Waals surface area contributed by atoms with E-state index in [0.29, 0.717) is 33.7 Å². The van der Waals surface area contributed by atoms with Crippen molar-refractivity contribution in [3.8, 4) is 0 Å². The molecule has 3 aromatic rings. The Morgan fingerprint density at radius 2 is 1.81 bits per heavy atom. The Morgan fingerprint density at radius 1 is 1.09 bits per heavy atom. The molecule has 1 aromatic heterocycles. The number of Topliss-reactive ketones (excluding diaryl/α,β-unsaturated/α-hetero) is 1. The summed E-state index contributed by atoms with van der Waals surface area (Å²) in [5.41, 5.74) is 1.00. The normalized spacial score (nSPS) is 12.1. The molecule has 3 rings (SSSR count). The summed E-state index contributed by atoms with van der Waals surface area (Å²) in [6, 6.07) is 13.5. The second-order valence-corrected chi connectivity index (χ2v) is 9.27. The van der Waals surface area contributed by atoms with Crippen LogP contribution in [0.25, 0.3) is 0 Å². The average Bonchev–Trinajstić information content (AvgIpc) is 3.18. The van der Waals surface area contributed by atoms with Crippen LogP contribution in [0.5, 0.6) is 0 Å². The summed E-state index contributed by atoms with van der Waals surface area (Å²) in [6.45, 7) is 6.57. The van der Waals surface area contributed by atoms with E-state index >= 15 is 0 Å².